The average Bonchev–Trinajstić information content (AvgIpc) is 2.93. The van der Waals surface area contributed by atoms with E-state index < -0.39 is 0 Å². The first-order valence-electron chi connectivity index (χ1n) is 6.49. The molecular formula is C12H21N5O. The standard InChI is InChI=1S/C12H21N5O/c1-9(5-6-13)12(18)16(2)8-11-15-14-10-4-3-7-17(10)11/h9H,3-8,13H2,1-2H3. The number of hydrogen-bond acceptors (Lipinski definition) is 4. The fraction of sp³-hybridized carbons (Fsp3) is 0.750. The lowest BCUT2D eigenvalue weighted by atomic mass is 10.1. The summed E-state index contributed by atoms with van der Waals surface area (Å²) in [5.74, 6) is 2.02. The Balaban J connectivity index is 1.98. The van der Waals surface area contributed by atoms with Gasteiger partial charge in [-0.2, -0.15) is 0 Å². The normalized spacial score (nSPS) is 15.5. The first-order valence-corrected chi connectivity index (χ1v) is 6.49. The van der Waals surface area contributed by atoms with E-state index in [9.17, 15) is 4.79 Å². The molecule has 1 aliphatic heterocycles. The minimum absolute atomic E-state index is 0.0269. The summed E-state index contributed by atoms with van der Waals surface area (Å²) >= 11 is 0. The quantitative estimate of drug-likeness (QED) is 0.809. The summed E-state index contributed by atoms with van der Waals surface area (Å²) in [6, 6.07) is 0. The molecule has 0 aliphatic carbocycles. The molecule has 1 aromatic rings. The van der Waals surface area contributed by atoms with Crippen molar-refractivity contribution in [1.82, 2.24) is 19.7 Å². The molecule has 1 aliphatic rings. The Morgan fingerprint density at radius 3 is 3.06 bits per heavy atom. The van der Waals surface area contributed by atoms with Crippen LogP contribution >= 0.6 is 0 Å². The van der Waals surface area contributed by atoms with E-state index in [2.05, 4.69) is 14.8 Å². The summed E-state index contributed by atoms with van der Waals surface area (Å²) in [5.41, 5.74) is 5.48. The Bertz CT molecular complexity index is 428. The van der Waals surface area contributed by atoms with Crippen molar-refractivity contribution in [1.29, 1.82) is 0 Å². The van der Waals surface area contributed by atoms with Gasteiger partial charge in [0.1, 0.15) is 5.82 Å². The molecule has 0 radical (unpaired) electrons. The van der Waals surface area contributed by atoms with E-state index in [1.54, 1.807) is 4.90 Å². The molecule has 2 rings (SSSR count). The highest BCUT2D eigenvalue weighted by molar-refractivity contribution is 5.78. The second-order valence-corrected chi connectivity index (χ2v) is 4.96. The first-order chi connectivity index (χ1) is 8.63. The summed E-state index contributed by atoms with van der Waals surface area (Å²) in [7, 11) is 1.81. The van der Waals surface area contributed by atoms with Crippen LogP contribution in [0, 0.1) is 5.92 Å². The Hall–Kier alpha value is -1.43. The highest BCUT2D eigenvalue weighted by atomic mass is 16.2. The second-order valence-electron chi connectivity index (χ2n) is 4.96. The van der Waals surface area contributed by atoms with Gasteiger partial charge in [-0.25, -0.2) is 0 Å². The van der Waals surface area contributed by atoms with E-state index in [0.29, 0.717) is 13.1 Å². The zero-order chi connectivity index (χ0) is 13.1. The van der Waals surface area contributed by atoms with E-state index in [0.717, 1.165) is 37.5 Å². The minimum atomic E-state index is -0.0269. The van der Waals surface area contributed by atoms with Crippen molar-refractivity contribution >= 4 is 5.91 Å². The number of amides is 1. The van der Waals surface area contributed by atoms with Crippen LogP contribution in [0.25, 0.3) is 0 Å². The van der Waals surface area contributed by atoms with Crippen molar-refractivity contribution in [2.24, 2.45) is 11.7 Å². The molecule has 0 fully saturated rings. The maximum atomic E-state index is 12.1. The topological polar surface area (TPSA) is 77.0 Å². The van der Waals surface area contributed by atoms with Gasteiger partial charge in [0.05, 0.1) is 6.54 Å². The maximum absolute atomic E-state index is 12.1. The van der Waals surface area contributed by atoms with Crippen molar-refractivity contribution in [3.8, 4) is 0 Å². The molecule has 6 heteroatoms. The largest absolute Gasteiger partial charge is 0.338 e. The van der Waals surface area contributed by atoms with E-state index in [-0.39, 0.29) is 11.8 Å². The number of rotatable bonds is 5. The Kier molecular flexibility index (Phi) is 3.96. The molecule has 18 heavy (non-hydrogen) atoms. The van der Waals surface area contributed by atoms with Gasteiger partial charge in [0.15, 0.2) is 5.82 Å². The molecule has 0 saturated carbocycles. The van der Waals surface area contributed by atoms with E-state index in [1.807, 2.05) is 14.0 Å². The van der Waals surface area contributed by atoms with Crippen molar-refractivity contribution in [2.45, 2.75) is 39.3 Å². The number of carbonyl (C=O) groups excluding carboxylic acids is 1. The molecule has 1 aromatic heterocycles. The highest BCUT2D eigenvalue weighted by Gasteiger charge is 2.22. The molecular weight excluding hydrogens is 230 g/mol. The van der Waals surface area contributed by atoms with Gasteiger partial charge in [-0.15, -0.1) is 10.2 Å². The molecule has 0 aromatic carbocycles. The van der Waals surface area contributed by atoms with Gasteiger partial charge in [-0.05, 0) is 19.4 Å². The van der Waals surface area contributed by atoms with Crippen LogP contribution in [0.3, 0.4) is 0 Å². The highest BCUT2D eigenvalue weighted by Crippen LogP contribution is 2.16. The van der Waals surface area contributed by atoms with Gasteiger partial charge in [-0.1, -0.05) is 6.92 Å². The summed E-state index contributed by atoms with van der Waals surface area (Å²) in [6.07, 6.45) is 2.84. The van der Waals surface area contributed by atoms with Gasteiger partial charge in [-0.3, -0.25) is 4.79 Å². The molecule has 1 unspecified atom stereocenters. The van der Waals surface area contributed by atoms with Gasteiger partial charge in [0.25, 0.3) is 0 Å². The summed E-state index contributed by atoms with van der Waals surface area (Å²) < 4.78 is 2.12. The number of aromatic nitrogens is 3. The van der Waals surface area contributed by atoms with Crippen LogP contribution < -0.4 is 5.73 Å². The number of aryl methyl sites for hydroxylation is 1. The molecule has 0 bridgehead atoms. The number of nitrogens with two attached hydrogens (primary N) is 1. The van der Waals surface area contributed by atoms with Crippen LogP contribution in [0.1, 0.15) is 31.4 Å². The number of carbonyl (C=O) groups is 1. The Labute approximate surface area is 107 Å². The van der Waals surface area contributed by atoms with E-state index in [4.69, 9.17) is 5.73 Å². The number of nitrogens with zero attached hydrogens (tertiary/aromatic N) is 4. The third-order valence-corrected chi connectivity index (χ3v) is 3.46. The van der Waals surface area contributed by atoms with Crippen LogP contribution in [0.15, 0.2) is 0 Å². The first kappa shape index (κ1) is 13.0. The molecule has 100 valence electrons. The van der Waals surface area contributed by atoms with Crippen molar-refractivity contribution in [3.63, 3.8) is 0 Å². The zero-order valence-corrected chi connectivity index (χ0v) is 11.1. The second kappa shape index (κ2) is 5.48. The van der Waals surface area contributed by atoms with Gasteiger partial charge in [0, 0.05) is 25.9 Å². The molecule has 0 saturated heterocycles. The third kappa shape index (κ3) is 2.53. The van der Waals surface area contributed by atoms with Gasteiger partial charge in [0.2, 0.25) is 5.91 Å². The van der Waals surface area contributed by atoms with Gasteiger partial charge >= 0.3 is 0 Å². The molecule has 1 atom stereocenters. The minimum Gasteiger partial charge on any atom is -0.338 e. The van der Waals surface area contributed by atoms with E-state index >= 15 is 0 Å². The van der Waals surface area contributed by atoms with Crippen LogP contribution in [-0.4, -0.2) is 39.2 Å². The molecule has 2 heterocycles. The van der Waals surface area contributed by atoms with E-state index in [1.165, 1.54) is 0 Å². The number of hydrogen-bond donors (Lipinski definition) is 1. The van der Waals surface area contributed by atoms with Crippen LogP contribution in [0.2, 0.25) is 0 Å². The van der Waals surface area contributed by atoms with Crippen LogP contribution in [-0.2, 0) is 24.3 Å². The van der Waals surface area contributed by atoms with Crippen molar-refractivity contribution in [2.75, 3.05) is 13.6 Å². The lowest BCUT2D eigenvalue weighted by molar-refractivity contribution is -0.134. The zero-order valence-electron chi connectivity index (χ0n) is 11.1. The molecule has 6 nitrogen and oxygen atoms in total. The van der Waals surface area contributed by atoms with Gasteiger partial charge < -0.3 is 15.2 Å². The smallest absolute Gasteiger partial charge is 0.225 e. The summed E-state index contributed by atoms with van der Waals surface area (Å²) in [6.45, 7) is 3.96. The van der Waals surface area contributed by atoms with Crippen molar-refractivity contribution < 1.29 is 4.79 Å². The Morgan fingerprint density at radius 1 is 1.56 bits per heavy atom. The monoisotopic (exact) mass is 251 g/mol. The molecule has 0 spiro atoms. The number of fused-ring (bicyclic) bond motifs is 1. The lowest BCUT2D eigenvalue weighted by Gasteiger charge is -2.20. The average molecular weight is 251 g/mol. The Morgan fingerprint density at radius 2 is 2.33 bits per heavy atom. The third-order valence-electron chi connectivity index (χ3n) is 3.46. The fourth-order valence-corrected chi connectivity index (χ4v) is 2.37. The maximum Gasteiger partial charge on any atom is 0.225 e. The van der Waals surface area contributed by atoms with Crippen molar-refractivity contribution in [3.05, 3.63) is 11.6 Å². The lowest BCUT2D eigenvalue weighted by Crippen LogP contribution is -2.33. The fourth-order valence-electron chi connectivity index (χ4n) is 2.37. The SMILES string of the molecule is CC(CCN)C(=O)N(C)Cc1nnc2n1CCC2. The van der Waals surface area contributed by atoms with Crippen LogP contribution in [0.5, 0.6) is 0 Å². The summed E-state index contributed by atoms with van der Waals surface area (Å²) in [4.78, 5) is 13.8. The predicted molar refractivity (Wildman–Crippen MR) is 67.7 cm³/mol. The van der Waals surface area contributed by atoms with Crippen LogP contribution in [0.4, 0.5) is 0 Å². The molecule has 2 N–H and O–H groups in total. The predicted octanol–water partition coefficient (Wildman–Crippen LogP) is 0.168. The summed E-state index contributed by atoms with van der Waals surface area (Å²) in [5, 5.41) is 8.31. The molecule has 1 amide bonds.